The SMILES string of the molecule is CCOC(=O)C(NNS(=O)(=O)c1ccc(C)cc1)(NC(=O)c1ccccc1)C(F)(F)F. The summed E-state index contributed by atoms with van der Waals surface area (Å²) in [6, 6.07) is 12.0. The van der Waals surface area contributed by atoms with Gasteiger partial charge in [0.15, 0.2) is 0 Å². The van der Waals surface area contributed by atoms with Crippen LogP contribution in [0.4, 0.5) is 13.2 Å². The molecule has 0 heterocycles. The lowest BCUT2D eigenvalue weighted by molar-refractivity contribution is -0.219. The van der Waals surface area contributed by atoms with Crippen molar-refractivity contribution in [3.05, 3.63) is 65.7 Å². The third-order valence-electron chi connectivity index (χ3n) is 4.05. The van der Waals surface area contributed by atoms with Crippen LogP contribution in [0.3, 0.4) is 0 Å². The quantitative estimate of drug-likeness (QED) is 0.316. The van der Waals surface area contributed by atoms with E-state index in [1.54, 1.807) is 6.92 Å². The Morgan fingerprint density at radius 2 is 1.58 bits per heavy atom. The zero-order valence-corrected chi connectivity index (χ0v) is 17.3. The first kappa shape index (κ1) is 24.3. The van der Waals surface area contributed by atoms with Crippen molar-refractivity contribution in [3.8, 4) is 0 Å². The maximum atomic E-state index is 14.0. The number of carbonyl (C=O) groups excluding carboxylic acids is 2. The number of rotatable bonds is 8. The lowest BCUT2D eigenvalue weighted by Gasteiger charge is -2.34. The fourth-order valence-corrected chi connectivity index (χ4v) is 3.28. The predicted molar refractivity (Wildman–Crippen MR) is 104 cm³/mol. The molecule has 0 radical (unpaired) electrons. The van der Waals surface area contributed by atoms with Gasteiger partial charge in [-0.25, -0.2) is 18.6 Å². The summed E-state index contributed by atoms with van der Waals surface area (Å²) in [7, 11) is -4.54. The van der Waals surface area contributed by atoms with E-state index in [1.807, 2.05) is 0 Å². The molecule has 3 N–H and O–H groups in total. The summed E-state index contributed by atoms with van der Waals surface area (Å²) in [4.78, 5) is 25.9. The highest BCUT2D eigenvalue weighted by atomic mass is 32.2. The Labute approximate surface area is 176 Å². The van der Waals surface area contributed by atoms with Crippen LogP contribution in [0.5, 0.6) is 0 Å². The average molecular weight is 459 g/mol. The van der Waals surface area contributed by atoms with Crippen LogP contribution in [0.25, 0.3) is 0 Å². The van der Waals surface area contributed by atoms with Crippen LogP contribution in [0, 0.1) is 6.92 Å². The van der Waals surface area contributed by atoms with E-state index in [0.717, 1.165) is 5.56 Å². The molecule has 0 fully saturated rings. The number of benzene rings is 2. The van der Waals surface area contributed by atoms with E-state index in [4.69, 9.17) is 0 Å². The number of hydrogen-bond donors (Lipinski definition) is 3. The third kappa shape index (κ3) is 5.60. The van der Waals surface area contributed by atoms with Crippen LogP contribution in [0.1, 0.15) is 22.8 Å². The van der Waals surface area contributed by atoms with E-state index in [9.17, 15) is 31.2 Å². The average Bonchev–Trinajstić information content (AvgIpc) is 2.71. The van der Waals surface area contributed by atoms with Crippen LogP contribution in [0.15, 0.2) is 59.5 Å². The van der Waals surface area contributed by atoms with Crippen molar-refractivity contribution in [1.29, 1.82) is 0 Å². The summed E-state index contributed by atoms with van der Waals surface area (Å²) in [6.45, 7) is 2.50. The van der Waals surface area contributed by atoms with Gasteiger partial charge in [-0.3, -0.25) is 4.79 Å². The fraction of sp³-hybridized carbons (Fsp3) is 0.263. The summed E-state index contributed by atoms with van der Waals surface area (Å²) < 4.78 is 71.5. The normalized spacial score (nSPS) is 13.8. The van der Waals surface area contributed by atoms with Crippen molar-refractivity contribution in [1.82, 2.24) is 15.6 Å². The molecule has 0 bridgehead atoms. The van der Waals surface area contributed by atoms with Gasteiger partial charge in [-0.15, -0.1) is 4.83 Å². The molecule has 0 aliphatic carbocycles. The van der Waals surface area contributed by atoms with Crippen molar-refractivity contribution in [2.45, 2.75) is 30.6 Å². The molecule has 2 rings (SSSR count). The van der Waals surface area contributed by atoms with Crippen molar-refractivity contribution < 1.29 is 35.9 Å². The molecule has 0 saturated heterocycles. The van der Waals surface area contributed by atoms with E-state index in [-0.39, 0.29) is 10.5 Å². The first-order chi connectivity index (χ1) is 14.4. The van der Waals surface area contributed by atoms with E-state index in [0.29, 0.717) is 0 Å². The number of halogens is 3. The lowest BCUT2D eigenvalue weighted by atomic mass is 10.1. The second-order valence-electron chi connectivity index (χ2n) is 6.33. The van der Waals surface area contributed by atoms with Gasteiger partial charge in [0.1, 0.15) is 0 Å². The van der Waals surface area contributed by atoms with Gasteiger partial charge in [0, 0.05) is 5.56 Å². The number of sulfonamides is 1. The van der Waals surface area contributed by atoms with Crippen LogP contribution in [-0.2, 0) is 19.6 Å². The summed E-state index contributed by atoms with van der Waals surface area (Å²) >= 11 is 0. The fourth-order valence-electron chi connectivity index (χ4n) is 2.38. The molecule has 0 spiro atoms. The minimum atomic E-state index is -5.49. The molecule has 0 aliphatic heterocycles. The van der Waals surface area contributed by atoms with Crippen molar-refractivity contribution >= 4 is 21.9 Å². The van der Waals surface area contributed by atoms with E-state index in [1.165, 1.54) is 77.1 Å². The van der Waals surface area contributed by atoms with Gasteiger partial charge in [-0.05, 0) is 38.1 Å². The minimum Gasteiger partial charge on any atom is -0.463 e. The smallest absolute Gasteiger partial charge is 0.437 e. The Morgan fingerprint density at radius 3 is 2.10 bits per heavy atom. The number of hydrazine groups is 1. The molecule has 12 heteroatoms. The highest BCUT2D eigenvalue weighted by Gasteiger charge is 2.64. The van der Waals surface area contributed by atoms with Gasteiger partial charge in [0.25, 0.3) is 15.9 Å². The van der Waals surface area contributed by atoms with E-state index < -0.39 is 40.3 Å². The summed E-state index contributed by atoms with van der Waals surface area (Å²) in [6.07, 6.45) is -5.49. The minimum absolute atomic E-state index is 0.191. The number of nitrogens with one attached hydrogen (secondary N) is 3. The van der Waals surface area contributed by atoms with Gasteiger partial charge in [0.05, 0.1) is 11.5 Å². The number of esters is 1. The molecule has 1 unspecified atom stereocenters. The van der Waals surface area contributed by atoms with Gasteiger partial charge in [-0.1, -0.05) is 35.9 Å². The number of aryl methyl sites for hydroxylation is 1. The van der Waals surface area contributed by atoms with Crippen molar-refractivity contribution in [2.75, 3.05) is 6.61 Å². The number of ether oxygens (including phenoxy) is 1. The van der Waals surface area contributed by atoms with Crippen LogP contribution in [0.2, 0.25) is 0 Å². The molecule has 0 aromatic heterocycles. The second kappa shape index (κ2) is 9.45. The zero-order chi connectivity index (χ0) is 23.3. The van der Waals surface area contributed by atoms with E-state index in [2.05, 4.69) is 4.74 Å². The molecule has 1 amide bonds. The van der Waals surface area contributed by atoms with Crippen molar-refractivity contribution in [2.24, 2.45) is 0 Å². The molecule has 0 saturated carbocycles. The Kier molecular flexibility index (Phi) is 7.41. The Balaban J connectivity index is 2.43. The van der Waals surface area contributed by atoms with Gasteiger partial charge < -0.3 is 10.1 Å². The summed E-state index contributed by atoms with van der Waals surface area (Å²) in [5, 5.41) is 1.53. The topological polar surface area (TPSA) is 114 Å². The zero-order valence-electron chi connectivity index (χ0n) is 16.5. The molecule has 2 aromatic carbocycles. The highest BCUT2D eigenvalue weighted by molar-refractivity contribution is 7.89. The summed E-state index contributed by atoms with van der Waals surface area (Å²) in [5.41, 5.74) is -1.92. The second-order valence-corrected chi connectivity index (χ2v) is 8.01. The molecule has 31 heavy (non-hydrogen) atoms. The Bertz CT molecular complexity index is 1030. The number of alkyl halides is 3. The van der Waals surface area contributed by atoms with Gasteiger partial charge >= 0.3 is 17.8 Å². The molecule has 2 aromatic rings. The van der Waals surface area contributed by atoms with Crippen LogP contribution in [-0.4, -0.2) is 38.7 Å². The van der Waals surface area contributed by atoms with Gasteiger partial charge in [-0.2, -0.15) is 13.2 Å². The molecule has 8 nitrogen and oxygen atoms in total. The first-order valence-corrected chi connectivity index (χ1v) is 10.4. The number of amides is 1. The van der Waals surface area contributed by atoms with Crippen LogP contribution >= 0.6 is 0 Å². The van der Waals surface area contributed by atoms with Gasteiger partial charge in [0.2, 0.25) is 0 Å². The molecule has 0 aliphatic rings. The summed E-state index contributed by atoms with van der Waals surface area (Å²) in [5.74, 6) is -3.23. The Morgan fingerprint density at radius 1 is 1.00 bits per heavy atom. The monoisotopic (exact) mass is 459 g/mol. The maximum absolute atomic E-state index is 14.0. The number of hydrogen-bond acceptors (Lipinski definition) is 6. The highest BCUT2D eigenvalue weighted by Crippen LogP contribution is 2.30. The lowest BCUT2D eigenvalue weighted by Crippen LogP contribution is -2.75. The first-order valence-electron chi connectivity index (χ1n) is 8.90. The molecule has 168 valence electrons. The standard InChI is InChI=1S/C19H20F3N3O5S/c1-3-30-17(27)18(19(20,21)22,23-16(26)14-7-5-4-6-8-14)24-25-31(28,29)15-11-9-13(2)10-12-15/h4-12,24-25H,3H2,1-2H3,(H,23,26). The number of carbonyl (C=O) groups is 2. The van der Waals surface area contributed by atoms with E-state index >= 15 is 0 Å². The van der Waals surface area contributed by atoms with Crippen molar-refractivity contribution in [3.63, 3.8) is 0 Å². The maximum Gasteiger partial charge on any atom is 0.437 e. The predicted octanol–water partition coefficient (Wildman–Crippen LogP) is 2.03. The van der Waals surface area contributed by atoms with Crippen LogP contribution < -0.4 is 15.6 Å². The molecular formula is C19H20F3N3O5S. The molecular weight excluding hydrogens is 439 g/mol. The largest absolute Gasteiger partial charge is 0.463 e. The third-order valence-corrected chi connectivity index (χ3v) is 5.31. The Hall–Kier alpha value is -2.96. The molecule has 1 atom stereocenters.